The fourth-order valence-electron chi connectivity index (χ4n) is 2.01. The van der Waals surface area contributed by atoms with Gasteiger partial charge in [0.25, 0.3) is 5.91 Å². The number of amides is 2. The van der Waals surface area contributed by atoms with Crippen molar-refractivity contribution < 1.29 is 19.5 Å². The number of rotatable bonds is 2. The van der Waals surface area contributed by atoms with Crippen molar-refractivity contribution in [3.63, 3.8) is 0 Å². The van der Waals surface area contributed by atoms with Gasteiger partial charge >= 0.3 is 5.97 Å². The molecule has 0 spiro atoms. The Kier molecular flexibility index (Phi) is 3.99. The van der Waals surface area contributed by atoms with Gasteiger partial charge in [0.2, 0.25) is 5.91 Å². The summed E-state index contributed by atoms with van der Waals surface area (Å²) in [7, 11) is 0. The van der Waals surface area contributed by atoms with Crippen LogP contribution < -0.4 is 0 Å². The lowest BCUT2D eigenvalue weighted by Crippen LogP contribution is -2.44. The smallest absolute Gasteiger partial charge is 0.307 e. The first-order valence-corrected chi connectivity index (χ1v) is 6.61. The Hall–Kier alpha value is -1.69. The number of piperidine rings is 1. The number of carbonyl (C=O) groups excluding carboxylic acids is 2. The Balaban J connectivity index is 2.11. The van der Waals surface area contributed by atoms with Gasteiger partial charge in [-0.05, 0) is 30.7 Å². The third-order valence-electron chi connectivity index (χ3n) is 3.11. The van der Waals surface area contributed by atoms with Crippen molar-refractivity contribution in [3.8, 4) is 0 Å². The molecule has 1 aromatic carbocycles. The number of halogens is 1. The van der Waals surface area contributed by atoms with Crippen LogP contribution in [0.5, 0.6) is 0 Å². The van der Waals surface area contributed by atoms with E-state index in [0.29, 0.717) is 12.0 Å². The zero-order valence-corrected chi connectivity index (χ0v) is 11.6. The molecule has 100 valence electrons. The molecule has 5 nitrogen and oxygen atoms in total. The largest absolute Gasteiger partial charge is 0.481 e. The highest BCUT2D eigenvalue weighted by atomic mass is 79.9. The number of carboxylic acids is 1. The predicted molar refractivity (Wildman–Crippen MR) is 70.5 cm³/mol. The SMILES string of the molecule is O=C(O)C1CCN(C(=O)c2ccc(Br)cc2)C(=O)C1. The van der Waals surface area contributed by atoms with Gasteiger partial charge in [-0.2, -0.15) is 0 Å². The summed E-state index contributed by atoms with van der Waals surface area (Å²) in [6, 6.07) is 6.70. The number of aliphatic carboxylic acids is 1. The summed E-state index contributed by atoms with van der Waals surface area (Å²) in [6.45, 7) is 0.157. The second kappa shape index (κ2) is 5.52. The fraction of sp³-hybridized carbons (Fsp3) is 0.308. The topological polar surface area (TPSA) is 74.7 Å². The van der Waals surface area contributed by atoms with Crippen molar-refractivity contribution in [2.45, 2.75) is 12.8 Å². The van der Waals surface area contributed by atoms with Crippen LogP contribution in [-0.2, 0) is 9.59 Å². The molecule has 0 aromatic heterocycles. The van der Waals surface area contributed by atoms with Gasteiger partial charge in [-0.15, -0.1) is 0 Å². The molecule has 6 heteroatoms. The van der Waals surface area contributed by atoms with E-state index in [4.69, 9.17) is 5.11 Å². The highest BCUT2D eigenvalue weighted by Gasteiger charge is 2.33. The molecule has 1 heterocycles. The molecule has 1 fully saturated rings. The number of carbonyl (C=O) groups is 3. The van der Waals surface area contributed by atoms with Crippen LogP contribution in [0.3, 0.4) is 0 Å². The van der Waals surface area contributed by atoms with Crippen LogP contribution in [-0.4, -0.2) is 34.3 Å². The second-order valence-electron chi connectivity index (χ2n) is 4.39. The number of imide groups is 1. The van der Waals surface area contributed by atoms with E-state index in [1.807, 2.05) is 0 Å². The third kappa shape index (κ3) is 3.01. The normalized spacial score (nSPS) is 19.3. The van der Waals surface area contributed by atoms with E-state index in [2.05, 4.69) is 15.9 Å². The third-order valence-corrected chi connectivity index (χ3v) is 3.64. The summed E-state index contributed by atoms with van der Waals surface area (Å²) in [6.07, 6.45) is 0.195. The zero-order valence-electron chi connectivity index (χ0n) is 10.0. The monoisotopic (exact) mass is 325 g/mol. The Morgan fingerprint density at radius 3 is 2.42 bits per heavy atom. The van der Waals surface area contributed by atoms with Crippen molar-refractivity contribution >= 4 is 33.7 Å². The first-order chi connectivity index (χ1) is 8.99. The number of nitrogens with zero attached hydrogens (tertiary/aromatic N) is 1. The van der Waals surface area contributed by atoms with Crippen LogP contribution in [0.25, 0.3) is 0 Å². The summed E-state index contributed by atoms with van der Waals surface area (Å²) in [5.41, 5.74) is 0.422. The highest BCUT2D eigenvalue weighted by molar-refractivity contribution is 9.10. The lowest BCUT2D eigenvalue weighted by molar-refractivity contribution is -0.148. The van der Waals surface area contributed by atoms with Gasteiger partial charge in [-0.1, -0.05) is 15.9 Å². The molecule has 1 atom stereocenters. The van der Waals surface area contributed by atoms with Crippen LogP contribution in [0, 0.1) is 5.92 Å². The minimum Gasteiger partial charge on any atom is -0.481 e. The van der Waals surface area contributed by atoms with E-state index < -0.39 is 17.8 Å². The van der Waals surface area contributed by atoms with Gasteiger partial charge in [0.1, 0.15) is 0 Å². The van der Waals surface area contributed by atoms with Gasteiger partial charge in [-0.3, -0.25) is 19.3 Å². The second-order valence-corrected chi connectivity index (χ2v) is 5.30. The summed E-state index contributed by atoms with van der Waals surface area (Å²) in [5.74, 6) is -2.46. The minimum atomic E-state index is -0.982. The zero-order chi connectivity index (χ0) is 14.0. The van der Waals surface area contributed by atoms with E-state index in [-0.39, 0.29) is 18.9 Å². The summed E-state index contributed by atoms with van der Waals surface area (Å²) >= 11 is 3.27. The maximum atomic E-state index is 12.1. The number of carboxylic acid groups (broad SMARTS) is 1. The number of likely N-dealkylation sites (tertiary alicyclic amines) is 1. The molecule has 1 saturated heterocycles. The molecule has 2 rings (SSSR count). The van der Waals surface area contributed by atoms with Gasteiger partial charge in [0.15, 0.2) is 0 Å². The van der Waals surface area contributed by atoms with E-state index >= 15 is 0 Å². The molecule has 0 bridgehead atoms. The molecular weight excluding hydrogens is 314 g/mol. The molecule has 1 aliphatic rings. The van der Waals surface area contributed by atoms with Crippen molar-refractivity contribution in [2.75, 3.05) is 6.54 Å². The molecule has 0 saturated carbocycles. The molecule has 1 unspecified atom stereocenters. The van der Waals surface area contributed by atoms with Gasteiger partial charge in [0, 0.05) is 23.0 Å². The molecule has 1 N–H and O–H groups in total. The predicted octanol–water partition coefficient (Wildman–Crippen LogP) is 1.91. The molecule has 2 amide bonds. The summed E-state index contributed by atoms with van der Waals surface area (Å²) < 4.78 is 0.847. The van der Waals surface area contributed by atoms with Crippen LogP contribution in [0.1, 0.15) is 23.2 Å². The Morgan fingerprint density at radius 2 is 1.89 bits per heavy atom. The average molecular weight is 326 g/mol. The fourth-order valence-corrected chi connectivity index (χ4v) is 2.27. The van der Waals surface area contributed by atoms with E-state index in [1.54, 1.807) is 24.3 Å². The standard InChI is InChI=1S/C13H12BrNO4/c14-10-3-1-8(2-4-10)12(17)15-6-5-9(13(18)19)7-11(15)16/h1-4,9H,5-7H2,(H,18,19). The van der Waals surface area contributed by atoms with Crippen molar-refractivity contribution in [3.05, 3.63) is 34.3 Å². The van der Waals surface area contributed by atoms with Crippen molar-refractivity contribution in [1.29, 1.82) is 0 Å². The lowest BCUT2D eigenvalue weighted by atomic mass is 9.96. The summed E-state index contributed by atoms with van der Waals surface area (Å²) in [4.78, 5) is 35.9. The van der Waals surface area contributed by atoms with Crippen LogP contribution in [0.15, 0.2) is 28.7 Å². The number of hydrogen-bond donors (Lipinski definition) is 1. The van der Waals surface area contributed by atoms with Gasteiger partial charge in [-0.25, -0.2) is 0 Å². The van der Waals surface area contributed by atoms with Crippen LogP contribution in [0.2, 0.25) is 0 Å². The minimum absolute atomic E-state index is 0.113. The van der Waals surface area contributed by atoms with Crippen LogP contribution >= 0.6 is 15.9 Å². The van der Waals surface area contributed by atoms with E-state index in [1.165, 1.54) is 0 Å². The number of hydrogen-bond acceptors (Lipinski definition) is 3. The van der Waals surface area contributed by atoms with Crippen molar-refractivity contribution in [2.24, 2.45) is 5.92 Å². The maximum absolute atomic E-state index is 12.1. The molecule has 1 aliphatic heterocycles. The average Bonchev–Trinajstić information content (AvgIpc) is 2.38. The number of benzene rings is 1. The molecule has 0 aliphatic carbocycles. The van der Waals surface area contributed by atoms with Crippen LogP contribution in [0.4, 0.5) is 0 Å². The quantitative estimate of drug-likeness (QED) is 0.843. The highest BCUT2D eigenvalue weighted by Crippen LogP contribution is 2.21. The van der Waals surface area contributed by atoms with Gasteiger partial charge in [0.05, 0.1) is 5.92 Å². The molecule has 19 heavy (non-hydrogen) atoms. The summed E-state index contributed by atoms with van der Waals surface area (Å²) in [5, 5.41) is 8.87. The first-order valence-electron chi connectivity index (χ1n) is 5.82. The Morgan fingerprint density at radius 1 is 1.26 bits per heavy atom. The molecule has 0 radical (unpaired) electrons. The van der Waals surface area contributed by atoms with Gasteiger partial charge < -0.3 is 5.11 Å². The Labute approximate surface area is 118 Å². The molecular formula is C13H12BrNO4. The Bertz CT molecular complexity index is 526. The van der Waals surface area contributed by atoms with E-state index in [0.717, 1.165) is 9.37 Å². The van der Waals surface area contributed by atoms with E-state index in [9.17, 15) is 14.4 Å². The maximum Gasteiger partial charge on any atom is 0.307 e. The lowest BCUT2D eigenvalue weighted by Gasteiger charge is -2.28. The van der Waals surface area contributed by atoms with Crippen molar-refractivity contribution in [1.82, 2.24) is 4.90 Å². The molecule has 1 aromatic rings. The first kappa shape index (κ1) is 13.7.